The molecule has 1 aromatic carbocycles. The highest BCUT2D eigenvalue weighted by molar-refractivity contribution is 8.00. The van der Waals surface area contributed by atoms with E-state index in [1.807, 2.05) is 30.3 Å². The number of carboxylic acids is 1. The summed E-state index contributed by atoms with van der Waals surface area (Å²) in [6.07, 6.45) is 0. The van der Waals surface area contributed by atoms with Gasteiger partial charge in [-0.25, -0.2) is 5.01 Å². The maximum absolute atomic E-state index is 10.5. The van der Waals surface area contributed by atoms with E-state index >= 15 is 0 Å². The van der Waals surface area contributed by atoms with Crippen LogP contribution >= 0.6 is 11.8 Å². The summed E-state index contributed by atoms with van der Waals surface area (Å²) >= 11 is 1.20. The Labute approximate surface area is 96.3 Å². The molecule has 84 valence electrons. The minimum Gasteiger partial charge on any atom is -0.481 e. The molecular weight excluding hydrogens is 228 g/mol. The van der Waals surface area contributed by atoms with Crippen molar-refractivity contribution in [1.29, 1.82) is 0 Å². The summed E-state index contributed by atoms with van der Waals surface area (Å²) < 4.78 is 0. The van der Waals surface area contributed by atoms with Gasteiger partial charge in [-0.15, -0.1) is 5.11 Å². The van der Waals surface area contributed by atoms with Crippen LogP contribution in [0.3, 0.4) is 0 Å². The molecule has 1 atom stereocenters. The van der Waals surface area contributed by atoms with Crippen molar-refractivity contribution < 1.29 is 9.90 Å². The van der Waals surface area contributed by atoms with Gasteiger partial charge in [0.2, 0.25) is 5.50 Å². The third-order valence-electron chi connectivity index (χ3n) is 1.92. The molecule has 1 aliphatic heterocycles. The van der Waals surface area contributed by atoms with Crippen LogP contribution in [0.15, 0.2) is 40.7 Å². The van der Waals surface area contributed by atoms with Gasteiger partial charge >= 0.3 is 5.97 Å². The average Bonchev–Trinajstić information content (AvgIpc) is 2.75. The van der Waals surface area contributed by atoms with Gasteiger partial charge in [0.1, 0.15) is 0 Å². The highest BCUT2D eigenvalue weighted by Gasteiger charge is 2.24. The summed E-state index contributed by atoms with van der Waals surface area (Å²) in [7, 11) is 0. The molecule has 0 saturated heterocycles. The van der Waals surface area contributed by atoms with Crippen molar-refractivity contribution >= 4 is 23.4 Å². The summed E-state index contributed by atoms with van der Waals surface area (Å²) in [5.41, 5.74) is 3.29. The first-order valence-corrected chi connectivity index (χ1v) is 5.65. The number of nitrogens with one attached hydrogen (secondary N) is 1. The number of aliphatic carboxylic acids is 1. The van der Waals surface area contributed by atoms with E-state index in [2.05, 4.69) is 15.9 Å². The van der Waals surface area contributed by atoms with Crippen LogP contribution in [0, 0.1) is 0 Å². The van der Waals surface area contributed by atoms with Crippen LogP contribution in [0.5, 0.6) is 0 Å². The van der Waals surface area contributed by atoms with Crippen LogP contribution in [-0.4, -0.2) is 22.3 Å². The topological polar surface area (TPSA) is 77.3 Å². The SMILES string of the molecule is O=C(O)CS[C@@H]1N=NNN1c1ccccc1. The molecule has 0 unspecified atom stereocenters. The van der Waals surface area contributed by atoms with E-state index in [0.717, 1.165) is 5.69 Å². The summed E-state index contributed by atoms with van der Waals surface area (Å²) in [4.78, 5) is 10.5. The molecule has 0 aromatic heterocycles. The Morgan fingerprint density at radius 3 is 2.94 bits per heavy atom. The molecule has 0 aliphatic carbocycles. The second-order valence-electron chi connectivity index (χ2n) is 3.05. The summed E-state index contributed by atoms with van der Waals surface area (Å²) in [5, 5.41) is 17.9. The Hall–Kier alpha value is -1.76. The van der Waals surface area contributed by atoms with E-state index in [1.54, 1.807) is 5.01 Å². The Kier molecular flexibility index (Phi) is 3.25. The predicted molar refractivity (Wildman–Crippen MR) is 60.8 cm³/mol. The average molecular weight is 238 g/mol. The lowest BCUT2D eigenvalue weighted by Gasteiger charge is -2.21. The van der Waals surface area contributed by atoms with Gasteiger partial charge in [0.15, 0.2) is 0 Å². The number of para-hydroxylation sites is 1. The number of rotatable bonds is 4. The van der Waals surface area contributed by atoms with Crippen LogP contribution in [-0.2, 0) is 4.79 Å². The molecule has 0 spiro atoms. The Balaban J connectivity index is 2.03. The fraction of sp³-hybridized carbons (Fsp3) is 0.222. The van der Waals surface area contributed by atoms with Gasteiger partial charge in [-0.3, -0.25) is 4.79 Å². The summed E-state index contributed by atoms with van der Waals surface area (Å²) in [5.74, 6) is -0.866. The van der Waals surface area contributed by atoms with Crippen molar-refractivity contribution in [2.24, 2.45) is 10.3 Å². The zero-order valence-electron chi connectivity index (χ0n) is 8.28. The second-order valence-corrected chi connectivity index (χ2v) is 4.10. The second kappa shape index (κ2) is 4.84. The number of hydrogen-bond donors (Lipinski definition) is 2. The van der Waals surface area contributed by atoms with Crippen molar-refractivity contribution in [3.8, 4) is 0 Å². The number of anilines is 1. The maximum Gasteiger partial charge on any atom is 0.313 e. The molecule has 2 rings (SSSR count). The number of carbonyl (C=O) groups is 1. The van der Waals surface area contributed by atoms with Crippen LogP contribution in [0.25, 0.3) is 0 Å². The molecule has 0 bridgehead atoms. The van der Waals surface area contributed by atoms with Crippen molar-refractivity contribution in [3.63, 3.8) is 0 Å². The lowest BCUT2D eigenvalue weighted by Crippen LogP contribution is -2.36. The number of carboxylic acid groups (broad SMARTS) is 1. The van der Waals surface area contributed by atoms with Gasteiger partial charge in [0.25, 0.3) is 0 Å². The first-order valence-electron chi connectivity index (χ1n) is 4.60. The largest absolute Gasteiger partial charge is 0.481 e. The van der Waals surface area contributed by atoms with Crippen LogP contribution in [0.4, 0.5) is 5.69 Å². The lowest BCUT2D eigenvalue weighted by molar-refractivity contribution is -0.133. The fourth-order valence-electron chi connectivity index (χ4n) is 1.25. The van der Waals surface area contributed by atoms with Gasteiger partial charge in [-0.05, 0) is 12.1 Å². The zero-order valence-corrected chi connectivity index (χ0v) is 9.09. The minimum atomic E-state index is -0.861. The van der Waals surface area contributed by atoms with Gasteiger partial charge in [-0.1, -0.05) is 35.2 Å². The molecule has 7 heteroatoms. The standard InChI is InChI=1S/C9H10N4O2S/c14-8(15)6-16-9-10-11-12-13(9)7-4-2-1-3-5-7/h1-5,9H,6H2,(H,10,12)(H,14,15)/t9-/m1/s1. The molecule has 16 heavy (non-hydrogen) atoms. The van der Waals surface area contributed by atoms with E-state index in [0.29, 0.717) is 0 Å². The van der Waals surface area contributed by atoms with Crippen LogP contribution in [0.1, 0.15) is 0 Å². The summed E-state index contributed by atoms with van der Waals surface area (Å²) in [6, 6.07) is 9.51. The Morgan fingerprint density at radius 2 is 2.25 bits per heavy atom. The predicted octanol–water partition coefficient (Wildman–Crippen LogP) is 1.48. The van der Waals surface area contributed by atoms with E-state index in [9.17, 15) is 4.79 Å². The number of benzene rings is 1. The number of hydrogen-bond acceptors (Lipinski definition) is 6. The van der Waals surface area contributed by atoms with E-state index in [4.69, 9.17) is 5.11 Å². The smallest absolute Gasteiger partial charge is 0.313 e. The van der Waals surface area contributed by atoms with Gasteiger partial charge in [-0.2, -0.15) is 5.53 Å². The molecule has 6 nitrogen and oxygen atoms in total. The number of hydrazine groups is 1. The van der Waals surface area contributed by atoms with Crippen molar-refractivity contribution in [2.45, 2.75) is 5.50 Å². The molecule has 0 saturated carbocycles. The highest BCUT2D eigenvalue weighted by atomic mass is 32.2. The molecular formula is C9H10N4O2S. The van der Waals surface area contributed by atoms with Crippen molar-refractivity contribution in [3.05, 3.63) is 30.3 Å². The third kappa shape index (κ3) is 2.43. The van der Waals surface area contributed by atoms with Crippen LogP contribution in [0.2, 0.25) is 0 Å². The Bertz CT molecular complexity index is 398. The number of thioether (sulfide) groups is 1. The molecule has 1 heterocycles. The van der Waals surface area contributed by atoms with Gasteiger partial charge in [0, 0.05) is 0 Å². The normalized spacial score (nSPS) is 18.5. The van der Waals surface area contributed by atoms with Crippen LogP contribution < -0.4 is 10.5 Å². The number of nitrogens with zero attached hydrogens (tertiary/aromatic N) is 3. The molecule has 0 amide bonds. The molecule has 2 N–H and O–H groups in total. The minimum absolute atomic E-state index is 0.00526. The highest BCUT2D eigenvalue weighted by Crippen LogP contribution is 2.25. The van der Waals surface area contributed by atoms with E-state index in [1.165, 1.54) is 11.8 Å². The molecule has 0 fully saturated rings. The quantitative estimate of drug-likeness (QED) is 0.830. The van der Waals surface area contributed by atoms with Crippen molar-refractivity contribution in [1.82, 2.24) is 5.53 Å². The first kappa shape index (κ1) is 10.7. The Morgan fingerprint density at radius 1 is 1.50 bits per heavy atom. The van der Waals surface area contributed by atoms with E-state index < -0.39 is 5.97 Å². The summed E-state index contributed by atoms with van der Waals surface area (Å²) in [6.45, 7) is 0. The first-order chi connectivity index (χ1) is 7.77. The lowest BCUT2D eigenvalue weighted by atomic mass is 10.3. The molecule has 1 aromatic rings. The molecule has 1 aliphatic rings. The fourth-order valence-corrected chi connectivity index (χ4v) is 1.98. The van der Waals surface area contributed by atoms with Crippen molar-refractivity contribution in [2.75, 3.05) is 10.8 Å². The third-order valence-corrected chi connectivity index (χ3v) is 2.94. The molecule has 0 radical (unpaired) electrons. The van der Waals surface area contributed by atoms with E-state index in [-0.39, 0.29) is 11.3 Å². The maximum atomic E-state index is 10.5. The van der Waals surface area contributed by atoms with Gasteiger partial charge in [0.05, 0.1) is 11.4 Å². The zero-order chi connectivity index (χ0) is 11.4. The monoisotopic (exact) mass is 238 g/mol. The van der Waals surface area contributed by atoms with Gasteiger partial charge < -0.3 is 5.11 Å².